The van der Waals surface area contributed by atoms with Crippen molar-refractivity contribution < 1.29 is 23.1 Å². The molecule has 0 aromatic heterocycles. The van der Waals surface area contributed by atoms with E-state index in [-0.39, 0.29) is 17.7 Å². The Morgan fingerprint density at radius 3 is 2.33 bits per heavy atom. The first kappa shape index (κ1) is 22.1. The number of rotatable bonds is 6. The van der Waals surface area contributed by atoms with Gasteiger partial charge in [-0.05, 0) is 81.1 Å². The van der Waals surface area contributed by atoms with Gasteiger partial charge in [-0.25, -0.2) is 8.42 Å². The van der Waals surface area contributed by atoms with E-state index in [9.17, 15) is 18.3 Å². The van der Waals surface area contributed by atoms with E-state index in [0.717, 1.165) is 11.1 Å². The Labute approximate surface area is 177 Å². The molecule has 1 atom stereocenters. The van der Waals surface area contributed by atoms with Crippen molar-refractivity contribution in [3.05, 3.63) is 53.6 Å². The molecule has 162 valence electrons. The van der Waals surface area contributed by atoms with E-state index in [1.165, 1.54) is 16.4 Å². The van der Waals surface area contributed by atoms with Gasteiger partial charge in [0, 0.05) is 19.1 Å². The normalized spacial score (nSPS) is 16.8. The van der Waals surface area contributed by atoms with Crippen LogP contribution in [0.5, 0.6) is 11.5 Å². The third kappa shape index (κ3) is 5.12. The number of nitrogens with one attached hydrogen (secondary N) is 1. The summed E-state index contributed by atoms with van der Waals surface area (Å²) in [6.07, 6.45) is 0.385. The lowest BCUT2D eigenvalue weighted by Crippen LogP contribution is -2.49. The fourth-order valence-electron chi connectivity index (χ4n) is 3.36. The van der Waals surface area contributed by atoms with Gasteiger partial charge in [0.15, 0.2) is 6.10 Å². The molecule has 1 heterocycles. The number of aryl methyl sites for hydroxylation is 2. The van der Waals surface area contributed by atoms with Crippen LogP contribution in [0.3, 0.4) is 0 Å². The molecule has 1 amide bonds. The van der Waals surface area contributed by atoms with Crippen molar-refractivity contribution >= 4 is 15.9 Å². The maximum absolute atomic E-state index is 12.9. The summed E-state index contributed by atoms with van der Waals surface area (Å²) >= 11 is 0. The molecular weight excluding hydrogens is 404 g/mol. The summed E-state index contributed by atoms with van der Waals surface area (Å²) in [6.45, 7) is 6.21. The van der Waals surface area contributed by atoms with E-state index in [4.69, 9.17) is 4.74 Å². The molecule has 0 radical (unpaired) electrons. The smallest absolute Gasteiger partial charge is 0.260 e. The van der Waals surface area contributed by atoms with Crippen molar-refractivity contribution in [3.63, 3.8) is 0 Å². The van der Waals surface area contributed by atoms with Gasteiger partial charge >= 0.3 is 0 Å². The second kappa shape index (κ2) is 9.06. The molecular formula is C22H28N2O5S. The topological polar surface area (TPSA) is 95.9 Å². The minimum Gasteiger partial charge on any atom is -0.508 e. The summed E-state index contributed by atoms with van der Waals surface area (Å²) < 4.78 is 32.9. The van der Waals surface area contributed by atoms with Crippen LogP contribution in [-0.4, -0.2) is 49.0 Å². The molecule has 2 aromatic rings. The van der Waals surface area contributed by atoms with Crippen molar-refractivity contribution in [1.29, 1.82) is 0 Å². The molecule has 3 rings (SSSR count). The fraction of sp³-hybridized carbons (Fsp3) is 0.409. The molecule has 1 unspecified atom stereocenters. The summed E-state index contributed by atoms with van der Waals surface area (Å²) in [5.41, 5.74) is 2.00. The zero-order valence-corrected chi connectivity index (χ0v) is 18.3. The van der Waals surface area contributed by atoms with Crippen LogP contribution in [0.1, 0.15) is 30.9 Å². The van der Waals surface area contributed by atoms with Gasteiger partial charge in [-0.15, -0.1) is 0 Å². The third-order valence-electron chi connectivity index (χ3n) is 5.44. The fourth-order valence-corrected chi connectivity index (χ4v) is 4.92. The van der Waals surface area contributed by atoms with Crippen LogP contribution in [0.4, 0.5) is 0 Å². The van der Waals surface area contributed by atoms with Crippen molar-refractivity contribution in [1.82, 2.24) is 9.62 Å². The first-order valence-corrected chi connectivity index (χ1v) is 11.4. The monoisotopic (exact) mass is 432 g/mol. The second-order valence-electron chi connectivity index (χ2n) is 7.69. The van der Waals surface area contributed by atoms with E-state index < -0.39 is 16.1 Å². The Balaban J connectivity index is 1.54. The van der Waals surface area contributed by atoms with Gasteiger partial charge in [0.2, 0.25) is 10.0 Å². The summed E-state index contributed by atoms with van der Waals surface area (Å²) in [5, 5.41) is 12.3. The molecule has 8 heteroatoms. The van der Waals surface area contributed by atoms with E-state index in [1.54, 1.807) is 31.2 Å². The average Bonchev–Trinajstić information content (AvgIpc) is 2.72. The number of ether oxygens (including phenoxy) is 1. The number of hydrogen-bond donors (Lipinski definition) is 2. The first-order valence-electron chi connectivity index (χ1n) is 10.0. The largest absolute Gasteiger partial charge is 0.508 e. The lowest BCUT2D eigenvalue weighted by Gasteiger charge is -2.32. The number of benzene rings is 2. The van der Waals surface area contributed by atoms with Gasteiger partial charge in [-0.3, -0.25) is 4.79 Å². The van der Waals surface area contributed by atoms with Crippen molar-refractivity contribution in [3.8, 4) is 11.5 Å². The molecule has 0 bridgehead atoms. The Hall–Kier alpha value is -2.58. The highest BCUT2D eigenvalue weighted by molar-refractivity contribution is 7.89. The third-order valence-corrected chi connectivity index (χ3v) is 7.33. The van der Waals surface area contributed by atoms with Crippen LogP contribution < -0.4 is 10.1 Å². The van der Waals surface area contributed by atoms with Gasteiger partial charge < -0.3 is 15.2 Å². The Kier molecular flexibility index (Phi) is 6.67. The lowest BCUT2D eigenvalue weighted by molar-refractivity contribution is -0.128. The highest BCUT2D eigenvalue weighted by Crippen LogP contribution is 2.23. The zero-order valence-electron chi connectivity index (χ0n) is 17.5. The number of piperidine rings is 1. The Morgan fingerprint density at radius 1 is 1.10 bits per heavy atom. The second-order valence-corrected chi connectivity index (χ2v) is 9.62. The highest BCUT2D eigenvalue weighted by Gasteiger charge is 2.31. The molecule has 1 fully saturated rings. The summed E-state index contributed by atoms with van der Waals surface area (Å²) in [7, 11) is -3.54. The van der Waals surface area contributed by atoms with Crippen LogP contribution in [-0.2, 0) is 14.8 Å². The molecule has 2 N–H and O–H groups in total. The number of aromatic hydroxyl groups is 1. The Morgan fingerprint density at radius 2 is 1.73 bits per heavy atom. The van der Waals surface area contributed by atoms with E-state index in [1.807, 2.05) is 19.9 Å². The van der Waals surface area contributed by atoms with Crippen LogP contribution in [0, 0.1) is 13.8 Å². The molecule has 0 spiro atoms. The minimum atomic E-state index is -3.54. The minimum absolute atomic E-state index is 0.102. The molecule has 30 heavy (non-hydrogen) atoms. The zero-order chi connectivity index (χ0) is 21.9. The standard InChI is InChI=1S/C22H28N2O5S/c1-15-4-9-21(14-16(15)2)30(27,28)24-12-10-18(11-13-24)23-22(26)17(3)29-20-7-5-19(25)6-8-20/h4-9,14,17-18,25H,10-13H2,1-3H3,(H,23,26). The van der Waals surface area contributed by atoms with E-state index in [0.29, 0.717) is 36.6 Å². The number of carbonyl (C=O) groups is 1. The maximum Gasteiger partial charge on any atom is 0.260 e. The SMILES string of the molecule is Cc1ccc(S(=O)(=O)N2CCC(NC(=O)C(C)Oc3ccc(O)cc3)CC2)cc1C. The van der Waals surface area contributed by atoms with Gasteiger partial charge in [-0.2, -0.15) is 4.31 Å². The van der Waals surface area contributed by atoms with E-state index >= 15 is 0 Å². The Bertz CT molecular complexity index is 997. The van der Waals surface area contributed by atoms with Crippen LogP contribution >= 0.6 is 0 Å². The number of phenols is 1. The molecule has 7 nitrogen and oxygen atoms in total. The number of sulfonamides is 1. The number of nitrogens with zero attached hydrogens (tertiary/aromatic N) is 1. The van der Waals surface area contributed by atoms with Gasteiger partial charge in [0.05, 0.1) is 4.90 Å². The van der Waals surface area contributed by atoms with Crippen molar-refractivity contribution in [2.24, 2.45) is 0 Å². The number of carbonyl (C=O) groups excluding carboxylic acids is 1. The van der Waals surface area contributed by atoms with Crippen molar-refractivity contribution in [2.45, 2.75) is 50.7 Å². The summed E-state index contributed by atoms with van der Waals surface area (Å²) in [4.78, 5) is 12.7. The highest BCUT2D eigenvalue weighted by atomic mass is 32.2. The number of phenolic OH excluding ortho intramolecular Hbond substituents is 1. The molecule has 0 saturated carbocycles. The maximum atomic E-state index is 12.9. The van der Waals surface area contributed by atoms with Crippen LogP contribution in [0.2, 0.25) is 0 Å². The number of amides is 1. The quantitative estimate of drug-likeness (QED) is 0.732. The first-order chi connectivity index (χ1) is 14.2. The van der Waals surface area contributed by atoms with Gasteiger partial charge in [0.1, 0.15) is 11.5 Å². The van der Waals surface area contributed by atoms with Crippen LogP contribution in [0.25, 0.3) is 0 Å². The molecule has 1 aliphatic rings. The van der Waals surface area contributed by atoms with Crippen molar-refractivity contribution in [2.75, 3.05) is 13.1 Å². The summed E-state index contributed by atoms with van der Waals surface area (Å²) in [6, 6.07) is 11.2. The predicted octanol–water partition coefficient (Wildman–Crippen LogP) is 2.75. The molecule has 0 aliphatic carbocycles. The lowest BCUT2D eigenvalue weighted by atomic mass is 10.1. The number of hydrogen-bond acceptors (Lipinski definition) is 5. The molecule has 1 saturated heterocycles. The van der Waals surface area contributed by atoms with Gasteiger partial charge in [0.25, 0.3) is 5.91 Å². The van der Waals surface area contributed by atoms with Crippen LogP contribution in [0.15, 0.2) is 47.4 Å². The predicted molar refractivity (Wildman–Crippen MR) is 114 cm³/mol. The average molecular weight is 433 g/mol. The van der Waals surface area contributed by atoms with Gasteiger partial charge in [-0.1, -0.05) is 6.07 Å². The summed E-state index contributed by atoms with van der Waals surface area (Å²) in [5.74, 6) is 0.366. The molecule has 2 aromatic carbocycles. The molecule has 1 aliphatic heterocycles. The van der Waals surface area contributed by atoms with E-state index in [2.05, 4.69) is 5.32 Å².